The van der Waals surface area contributed by atoms with Crippen LogP contribution < -0.4 is 4.85 Å². The first-order valence-electron chi connectivity index (χ1n) is 5.37. The van der Waals surface area contributed by atoms with Crippen LogP contribution in [-0.2, 0) is 5.41 Å². The van der Waals surface area contributed by atoms with Crippen LogP contribution in [0, 0.1) is 5.21 Å². The van der Waals surface area contributed by atoms with Crippen LogP contribution in [0.2, 0.25) is 0 Å². The second kappa shape index (κ2) is 3.67. The smallest absolute Gasteiger partial charge is 0.226 e. The Morgan fingerprint density at radius 2 is 1.69 bits per heavy atom. The van der Waals surface area contributed by atoms with Crippen molar-refractivity contribution in [2.45, 2.75) is 26.2 Å². The topological polar surface area (TPSA) is 31.9 Å². The van der Waals surface area contributed by atoms with E-state index in [-0.39, 0.29) is 5.41 Å². The summed E-state index contributed by atoms with van der Waals surface area (Å²) in [4.78, 5) is 0.954. The summed E-state index contributed by atoms with van der Waals surface area (Å²) in [6, 6.07) is 11.5. The molecule has 3 heteroatoms. The van der Waals surface area contributed by atoms with Crippen molar-refractivity contribution in [2.24, 2.45) is 0 Å². The van der Waals surface area contributed by atoms with E-state index in [9.17, 15) is 5.21 Å². The van der Waals surface area contributed by atoms with Gasteiger partial charge < -0.3 is 5.21 Å². The molecule has 0 saturated heterocycles. The maximum atomic E-state index is 12.1. The minimum Gasteiger partial charge on any atom is -0.595 e. The van der Waals surface area contributed by atoms with E-state index in [1.807, 2.05) is 63.4 Å². The van der Waals surface area contributed by atoms with Crippen molar-refractivity contribution in [3.63, 3.8) is 0 Å². The van der Waals surface area contributed by atoms with E-state index in [1.54, 1.807) is 4.68 Å². The Bertz CT molecular complexity index is 480. The highest BCUT2D eigenvalue weighted by atomic mass is 16.5. The lowest BCUT2D eigenvalue weighted by Gasteiger charge is -2.14. The summed E-state index contributed by atoms with van der Waals surface area (Å²) in [5.74, 6) is 0. The van der Waals surface area contributed by atoms with Crippen molar-refractivity contribution < 1.29 is 4.85 Å². The van der Waals surface area contributed by atoms with Gasteiger partial charge in [-0.15, -0.1) is 4.68 Å². The first kappa shape index (κ1) is 10.7. The van der Waals surface area contributed by atoms with E-state index in [4.69, 9.17) is 0 Å². The average molecular weight is 216 g/mol. The van der Waals surface area contributed by atoms with Crippen molar-refractivity contribution in [2.75, 3.05) is 0 Å². The van der Waals surface area contributed by atoms with E-state index < -0.39 is 0 Å². The predicted molar refractivity (Wildman–Crippen MR) is 63.4 cm³/mol. The lowest BCUT2D eigenvalue weighted by atomic mass is 9.93. The molecule has 0 bridgehead atoms. The van der Waals surface area contributed by atoms with Gasteiger partial charge in [-0.2, -0.15) is 0 Å². The highest BCUT2D eigenvalue weighted by molar-refractivity contribution is 5.29. The van der Waals surface area contributed by atoms with Gasteiger partial charge in [0.15, 0.2) is 0 Å². The SMILES string of the molecule is CC(C)(C)c1ccn(-c2ccccc2)[n+]1[O-]. The van der Waals surface area contributed by atoms with E-state index in [0.29, 0.717) is 0 Å². The Labute approximate surface area is 95.5 Å². The molecular formula is C13H16N2O. The summed E-state index contributed by atoms with van der Waals surface area (Å²) in [5, 5.41) is 12.1. The Morgan fingerprint density at radius 1 is 1.06 bits per heavy atom. The van der Waals surface area contributed by atoms with Crippen molar-refractivity contribution in [3.05, 3.63) is 53.5 Å². The molecule has 0 unspecified atom stereocenters. The highest BCUT2D eigenvalue weighted by Gasteiger charge is 2.26. The maximum absolute atomic E-state index is 12.1. The Morgan fingerprint density at radius 3 is 2.19 bits per heavy atom. The molecule has 1 aromatic heterocycles. The van der Waals surface area contributed by atoms with Crippen molar-refractivity contribution in [1.82, 2.24) is 4.68 Å². The van der Waals surface area contributed by atoms with Crippen LogP contribution in [0.15, 0.2) is 42.6 Å². The van der Waals surface area contributed by atoms with Gasteiger partial charge in [-0.25, -0.2) is 0 Å². The molecule has 84 valence electrons. The molecule has 0 spiro atoms. The molecule has 0 fully saturated rings. The number of aromatic nitrogens is 2. The Hall–Kier alpha value is -1.77. The molecule has 0 aliphatic rings. The van der Waals surface area contributed by atoms with Gasteiger partial charge in [-0.05, 0) is 12.1 Å². The van der Waals surface area contributed by atoms with Gasteiger partial charge in [0, 0.05) is 6.07 Å². The first-order chi connectivity index (χ1) is 7.50. The quantitative estimate of drug-likeness (QED) is 0.532. The summed E-state index contributed by atoms with van der Waals surface area (Å²) in [5.41, 5.74) is 1.52. The molecule has 0 aliphatic carbocycles. The summed E-state index contributed by atoms with van der Waals surface area (Å²) in [6.45, 7) is 6.10. The normalized spacial score (nSPS) is 11.7. The van der Waals surface area contributed by atoms with Crippen molar-refractivity contribution in [3.8, 4) is 5.69 Å². The molecular weight excluding hydrogens is 200 g/mol. The molecule has 0 N–H and O–H groups in total. The van der Waals surface area contributed by atoms with Crippen LogP contribution in [0.25, 0.3) is 5.69 Å². The summed E-state index contributed by atoms with van der Waals surface area (Å²) in [7, 11) is 0. The largest absolute Gasteiger partial charge is 0.595 e. The summed E-state index contributed by atoms with van der Waals surface area (Å²) >= 11 is 0. The Balaban J connectivity index is 2.50. The minimum atomic E-state index is -0.137. The van der Waals surface area contributed by atoms with Crippen LogP contribution in [-0.4, -0.2) is 4.68 Å². The number of benzene rings is 1. The fourth-order valence-corrected chi connectivity index (χ4v) is 1.69. The number of hydrogen-bond acceptors (Lipinski definition) is 1. The third-order valence-electron chi connectivity index (χ3n) is 2.56. The average Bonchev–Trinajstić information content (AvgIpc) is 2.61. The van der Waals surface area contributed by atoms with Crippen molar-refractivity contribution >= 4 is 0 Å². The molecule has 0 radical (unpaired) electrons. The lowest BCUT2D eigenvalue weighted by Crippen LogP contribution is -2.43. The number of para-hydroxylation sites is 1. The molecule has 1 aromatic carbocycles. The monoisotopic (exact) mass is 216 g/mol. The zero-order valence-corrected chi connectivity index (χ0v) is 9.84. The standard InChI is InChI=1S/C13H16N2O/c1-13(2,3)12-9-10-14(15(12)16)11-7-5-4-6-8-11/h4-10H,1-3H3. The van der Waals surface area contributed by atoms with E-state index >= 15 is 0 Å². The third kappa shape index (κ3) is 1.81. The predicted octanol–water partition coefficient (Wildman–Crippen LogP) is 2.41. The minimum absolute atomic E-state index is 0.137. The van der Waals surface area contributed by atoms with Gasteiger partial charge in [-0.3, -0.25) is 0 Å². The second-order valence-corrected chi connectivity index (χ2v) is 4.90. The van der Waals surface area contributed by atoms with E-state index in [1.165, 1.54) is 0 Å². The summed E-state index contributed by atoms with van der Waals surface area (Å²) in [6.07, 6.45) is 1.81. The van der Waals surface area contributed by atoms with Gasteiger partial charge in [-0.1, -0.05) is 43.8 Å². The van der Waals surface area contributed by atoms with Crippen LogP contribution in [0.1, 0.15) is 26.5 Å². The summed E-state index contributed by atoms with van der Waals surface area (Å²) < 4.78 is 1.61. The molecule has 0 saturated carbocycles. The van der Waals surface area contributed by atoms with Gasteiger partial charge >= 0.3 is 0 Å². The van der Waals surface area contributed by atoms with Gasteiger partial charge in [0.05, 0.1) is 11.6 Å². The molecule has 2 aromatic rings. The first-order valence-corrected chi connectivity index (χ1v) is 5.37. The zero-order chi connectivity index (χ0) is 11.8. The van der Waals surface area contributed by atoms with Crippen LogP contribution in [0.3, 0.4) is 0 Å². The van der Waals surface area contributed by atoms with Crippen LogP contribution in [0.4, 0.5) is 0 Å². The van der Waals surface area contributed by atoms with Crippen LogP contribution in [0.5, 0.6) is 0 Å². The fraction of sp³-hybridized carbons (Fsp3) is 0.308. The molecule has 3 nitrogen and oxygen atoms in total. The van der Waals surface area contributed by atoms with E-state index in [0.717, 1.165) is 16.2 Å². The Kier molecular flexibility index (Phi) is 2.46. The molecule has 0 amide bonds. The van der Waals surface area contributed by atoms with Gasteiger partial charge in [0.25, 0.3) is 0 Å². The number of nitrogens with zero attached hydrogens (tertiary/aromatic N) is 2. The molecule has 0 atom stereocenters. The van der Waals surface area contributed by atoms with Crippen LogP contribution >= 0.6 is 0 Å². The fourth-order valence-electron chi connectivity index (χ4n) is 1.69. The highest BCUT2D eigenvalue weighted by Crippen LogP contribution is 2.19. The lowest BCUT2D eigenvalue weighted by molar-refractivity contribution is -0.694. The molecule has 2 rings (SSSR count). The number of rotatable bonds is 1. The van der Waals surface area contributed by atoms with Gasteiger partial charge in [0.2, 0.25) is 5.69 Å². The zero-order valence-electron chi connectivity index (χ0n) is 9.84. The van der Waals surface area contributed by atoms with E-state index in [2.05, 4.69) is 0 Å². The molecule has 1 heterocycles. The van der Waals surface area contributed by atoms with Gasteiger partial charge in [0.1, 0.15) is 5.69 Å². The number of hydrogen-bond donors (Lipinski definition) is 0. The molecule has 0 aliphatic heterocycles. The second-order valence-electron chi connectivity index (χ2n) is 4.90. The van der Waals surface area contributed by atoms with Crippen molar-refractivity contribution in [1.29, 1.82) is 0 Å². The third-order valence-corrected chi connectivity index (χ3v) is 2.56. The maximum Gasteiger partial charge on any atom is 0.226 e. The molecule has 16 heavy (non-hydrogen) atoms.